The van der Waals surface area contributed by atoms with Gasteiger partial charge in [-0.2, -0.15) is 0 Å². The van der Waals surface area contributed by atoms with Crippen molar-refractivity contribution in [3.8, 4) is 0 Å². The van der Waals surface area contributed by atoms with Gasteiger partial charge in [-0.05, 0) is 12.5 Å². The lowest BCUT2D eigenvalue weighted by Gasteiger charge is -2.13. The topological polar surface area (TPSA) is 44.8 Å². The lowest BCUT2D eigenvalue weighted by atomic mass is 10.2. The van der Waals surface area contributed by atoms with Crippen molar-refractivity contribution in [2.24, 2.45) is 0 Å². The minimum atomic E-state index is -0.262. The Morgan fingerprint density at radius 2 is 2.00 bits per heavy atom. The maximum absolute atomic E-state index is 10.6. The highest BCUT2D eigenvalue weighted by Crippen LogP contribution is 2.02. The molecule has 0 amide bonds. The summed E-state index contributed by atoms with van der Waals surface area (Å²) in [5.41, 5.74) is 1.12. The Balaban J connectivity index is 2.02. The highest BCUT2D eigenvalue weighted by Gasteiger charge is 2.03. The largest absolute Gasteiger partial charge is 0.466 e. The summed E-state index contributed by atoms with van der Waals surface area (Å²) in [6.45, 7) is 4.49. The molecule has 100 valence electrons. The molecule has 1 rings (SSSR count). The summed E-state index contributed by atoms with van der Waals surface area (Å²) in [7, 11) is 0. The normalized spacial score (nSPS) is 12.1. The zero-order valence-corrected chi connectivity index (χ0v) is 10.9. The van der Waals surface area contributed by atoms with E-state index in [9.17, 15) is 4.79 Å². The highest BCUT2D eigenvalue weighted by molar-refractivity contribution is 5.65. The molecule has 0 aromatic heterocycles. The van der Waals surface area contributed by atoms with Crippen LogP contribution in [0.4, 0.5) is 0 Å². The summed E-state index contributed by atoms with van der Waals surface area (Å²) in [6.07, 6.45) is 0.689. The lowest BCUT2D eigenvalue weighted by molar-refractivity contribution is -0.142. The first-order valence-corrected chi connectivity index (χ1v) is 6.05. The van der Waals surface area contributed by atoms with Gasteiger partial charge in [0, 0.05) is 13.3 Å². The fourth-order valence-electron chi connectivity index (χ4n) is 1.35. The second-order valence-corrected chi connectivity index (χ2v) is 4.06. The van der Waals surface area contributed by atoms with Crippen LogP contribution in [0.15, 0.2) is 30.3 Å². The molecule has 1 atom stereocenters. The number of carbonyl (C=O) groups excluding carboxylic acids is 1. The molecule has 0 aliphatic heterocycles. The fourth-order valence-corrected chi connectivity index (χ4v) is 1.35. The molecule has 0 aliphatic carbocycles. The second-order valence-electron chi connectivity index (χ2n) is 4.06. The van der Waals surface area contributed by atoms with Gasteiger partial charge in [0.1, 0.15) is 6.79 Å². The molecule has 0 saturated carbocycles. The van der Waals surface area contributed by atoms with Crippen LogP contribution in [0.1, 0.15) is 25.8 Å². The molecule has 0 bridgehead atoms. The van der Waals surface area contributed by atoms with Crippen molar-refractivity contribution < 1.29 is 19.0 Å². The molecule has 4 heteroatoms. The average Bonchev–Trinajstić information content (AvgIpc) is 2.35. The Labute approximate surface area is 108 Å². The second kappa shape index (κ2) is 8.66. The van der Waals surface area contributed by atoms with Gasteiger partial charge < -0.3 is 14.2 Å². The van der Waals surface area contributed by atoms with Gasteiger partial charge in [-0.1, -0.05) is 30.3 Å². The Bertz CT molecular complexity index is 337. The van der Waals surface area contributed by atoms with Crippen LogP contribution >= 0.6 is 0 Å². The predicted molar refractivity (Wildman–Crippen MR) is 67.9 cm³/mol. The van der Waals surface area contributed by atoms with Gasteiger partial charge >= 0.3 is 5.97 Å². The van der Waals surface area contributed by atoms with E-state index in [-0.39, 0.29) is 18.9 Å². The Kier molecular flexibility index (Phi) is 7.06. The van der Waals surface area contributed by atoms with Gasteiger partial charge in [0.15, 0.2) is 0 Å². The molecule has 18 heavy (non-hydrogen) atoms. The van der Waals surface area contributed by atoms with Gasteiger partial charge in [-0.25, -0.2) is 0 Å². The highest BCUT2D eigenvalue weighted by atomic mass is 16.7. The smallest absolute Gasteiger partial charge is 0.302 e. The van der Waals surface area contributed by atoms with Crippen LogP contribution in [0, 0.1) is 0 Å². The minimum absolute atomic E-state index is 0.0140. The molecule has 1 aromatic carbocycles. The quantitative estimate of drug-likeness (QED) is 0.405. The summed E-state index contributed by atoms with van der Waals surface area (Å²) in [4.78, 5) is 10.6. The molecule has 1 aromatic rings. The first-order chi connectivity index (χ1) is 8.68. The third-order valence-electron chi connectivity index (χ3n) is 2.38. The predicted octanol–water partition coefficient (Wildman–Crippen LogP) is 2.52. The number of rotatable bonds is 8. The Morgan fingerprint density at radius 3 is 2.67 bits per heavy atom. The molecule has 0 heterocycles. The van der Waals surface area contributed by atoms with E-state index in [1.54, 1.807) is 0 Å². The number of ether oxygens (including phenoxy) is 3. The van der Waals surface area contributed by atoms with E-state index in [2.05, 4.69) is 0 Å². The van der Waals surface area contributed by atoms with E-state index in [1.165, 1.54) is 6.92 Å². The number of benzene rings is 1. The number of esters is 1. The standard InChI is InChI=1S/C14H20O4/c1-12(8-9-17-13(2)15)18-11-16-10-14-6-4-3-5-7-14/h3-7,12H,8-11H2,1-2H3. The molecule has 1 unspecified atom stereocenters. The molecule has 0 N–H and O–H groups in total. The van der Waals surface area contributed by atoms with Crippen molar-refractivity contribution in [2.45, 2.75) is 33.0 Å². The molecule has 0 radical (unpaired) electrons. The summed E-state index contributed by atoms with van der Waals surface area (Å²) < 4.78 is 15.6. The first-order valence-electron chi connectivity index (χ1n) is 6.05. The van der Waals surface area contributed by atoms with Gasteiger partial charge in [0.2, 0.25) is 0 Å². The SMILES string of the molecule is CC(=O)OCCC(C)OCOCc1ccccc1. The molecule has 0 spiro atoms. The Morgan fingerprint density at radius 1 is 1.28 bits per heavy atom. The van der Waals surface area contributed by atoms with Crippen LogP contribution < -0.4 is 0 Å². The van der Waals surface area contributed by atoms with Crippen LogP contribution in [0.25, 0.3) is 0 Å². The zero-order chi connectivity index (χ0) is 13.2. The van der Waals surface area contributed by atoms with Crippen LogP contribution in [0.3, 0.4) is 0 Å². The lowest BCUT2D eigenvalue weighted by Crippen LogP contribution is -2.14. The van der Waals surface area contributed by atoms with E-state index in [0.29, 0.717) is 19.6 Å². The minimum Gasteiger partial charge on any atom is -0.466 e. The van der Waals surface area contributed by atoms with Crippen molar-refractivity contribution in [1.29, 1.82) is 0 Å². The van der Waals surface area contributed by atoms with E-state index >= 15 is 0 Å². The summed E-state index contributed by atoms with van der Waals surface area (Å²) in [6, 6.07) is 9.92. The van der Waals surface area contributed by atoms with E-state index in [1.807, 2.05) is 37.3 Å². The van der Waals surface area contributed by atoms with E-state index < -0.39 is 0 Å². The van der Waals surface area contributed by atoms with Crippen molar-refractivity contribution in [3.05, 3.63) is 35.9 Å². The molecule has 0 aliphatic rings. The number of hydrogen-bond acceptors (Lipinski definition) is 4. The molecule has 0 fully saturated rings. The molecule has 4 nitrogen and oxygen atoms in total. The van der Waals surface area contributed by atoms with Crippen LogP contribution in [-0.4, -0.2) is 25.5 Å². The molecule has 0 saturated heterocycles. The van der Waals surface area contributed by atoms with Crippen molar-refractivity contribution in [1.82, 2.24) is 0 Å². The molecular weight excluding hydrogens is 232 g/mol. The van der Waals surface area contributed by atoms with Crippen molar-refractivity contribution >= 4 is 5.97 Å². The maximum Gasteiger partial charge on any atom is 0.302 e. The van der Waals surface area contributed by atoms with Gasteiger partial charge in [-0.3, -0.25) is 4.79 Å². The van der Waals surface area contributed by atoms with Gasteiger partial charge in [-0.15, -0.1) is 0 Å². The monoisotopic (exact) mass is 252 g/mol. The van der Waals surface area contributed by atoms with Crippen LogP contribution in [0.2, 0.25) is 0 Å². The van der Waals surface area contributed by atoms with Crippen molar-refractivity contribution in [3.63, 3.8) is 0 Å². The summed E-state index contributed by atoms with van der Waals surface area (Å²) in [5.74, 6) is -0.262. The third kappa shape index (κ3) is 7.04. The average molecular weight is 252 g/mol. The number of hydrogen-bond donors (Lipinski definition) is 0. The van der Waals surface area contributed by atoms with E-state index in [4.69, 9.17) is 14.2 Å². The summed E-state index contributed by atoms with van der Waals surface area (Å²) in [5, 5.41) is 0. The van der Waals surface area contributed by atoms with Gasteiger partial charge in [0.25, 0.3) is 0 Å². The summed E-state index contributed by atoms with van der Waals surface area (Å²) >= 11 is 0. The van der Waals surface area contributed by atoms with Gasteiger partial charge in [0.05, 0.1) is 19.3 Å². The van der Waals surface area contributed by atoms with Crippen LogP contribution in [0.5, 0.6) is 0 Å². The number of carbonyl (C=O) groups is 1. The molecular formula is C14H20O4. The maximum atomic E-state index is 10.6. The third-order valence-corrected chi connectivity index (χ3v) is 2.38. The first kappa shape index (κ1) is 14.7. The Hall–Kier alpha value is -1.39. The van der Waals surface area contributed by atoms with Crippen LogP contribution in [-0.2, 0) is 25.6 Å². The van der Waals surface area contributed by atoms with Crippen molar-refractivity contribution in [2.75, 3.05) is 13.4 Å². The zero-order valence-electron chi connectivity index (χ0n) is 10.9. The van der Waals surface area contributed by atoms with E-state index in [0.717, 1.165) is 5.56 Å². The fraction of sp³-hybridized carbons (Fsp3) is 0.500.